The van der Waals surface area contributed by atoms with Gasteiger partial charge in [0, 0.05) is 11.1 Å². The molecule has 1 atom stereocenters. The van der Waals surface area contributed by atoms with E-state index in [-0.39, 0.29) is 23.1 Å². The van der Waals surface area contributed by atoms with Crippen molar-refractivity contribution in [2.75, 3.05) is 26.6 Å². The Morgan fingerprint density at radius 2 is 0.979 bits per heavy atom. The SMILES string of the molecule is C=S(C)(=O)[O-].COC1=C(OC)C(=O)C(CCCCCCCCCC[P+](c2ccccc2)(c2ccccc2)c2ccccc2)=C(C)C1=O. The maximum absolute atomic E-state index is 12.8. The van der Waals surface area contributed by atoms with Gasteiger partial charge in [0.15, 0.2) is 0 Å². The molecule has 4 rings (SSSR count). The monoisotopic (exact) mass is 676 g/mol. The number of hydrogen-bond acceptors (Lipinski definition) is 6. The summed E-state index contributed by atoms with van der Waals surface area (Å²) >= 11 is 0. The standard InChI is InChI=1S/C37H44O4P.C2H6O2S/c1-29-33(35(39)37(41-3)36(40-2)34(29)38)27-19-8-6-4-5-7-9-20-28-42(30-21-13-10-14-22-30,31-23-15-11-16-24-31)32-25-17-12-18-26-32;1-5(2,3)4/h10-18,21-26H,4-9,19-20,27-28H2,1-3H3;1H2,2H3,(H,3,4)/q+1;/p-1. The van der Waals surface area contributed by atoms with E-state index in [4.69, 9.17) is 9.47 Å². The van der Waals surface area contributed by atoms with Crippen LogP contribution in [0.1, 0.15) is 64.7 Å². The molecular weight excluding hydrogens is 627 g/mol. The van der Waals surface area contributed by atoms with Crippen LogP contribution in [0, 0.1) is 0 Å². The van der Waals surface area contributed by atoms with Crippen LogP contribution in [0.2, 0.25) is 0 Å². The third-order valence-electron chi connectivity index (χ3n) is 8.36. The smallest absolute Gasteiger partial charge is 0.228 e. The van der Waals surface area contributed by atoms with Crippen LogP contribution in [0.4, 0.5) is 0 Å². The highest BCUT2D eigenvalue weighted by Gasteiger charge is 2.44. The van der Waals surface area contributed by atoms with Crippen LogP contribution in [0.3, 0.4) is 0 Å². The van der Waals surface area contributed by atoms with E-state index in [1.807, 2.05) is 0 Å². The molecule has 1 aliphatic carbocycles. The summed E-state index contributed by atoms with van der Waals surface area (Å²) in [6.07, 6.45) is 12.0. The summed E-state index contributed by atoms with van der Waals surface area (Å²) in [7, 11) is -1.86. The Balaban J connectivity index is 0.00000111. The number of unbranched alkanes of at least 4 members (excludes halogenated alkanes) is 7. The molecule has 0 saturated carbocycles. The lowest BCUT2D eigenvalue weighted by Gasteiger charge is -2.27. The largest absolute Gasteiger partial charge is 0.778 e. The number of ketones is 2. The van der Waals surface area contributed by atoms with Gasteiger partial charge in [0.05, 0.1) is 20.4 Å². The van der Waals surface area contributed by atoms with Gasteiger partial charge in [-0.2, -0.15) is 0 Å². The number of ether oxygens (including phenoxy) is 2. The Hall–Kier alpha value is -3.51. The zero-order valence-corrected chi connectivity index (χ0v) is 30.0. The van der Waals surface area contributed by atoms with Crippen LogP contribution >= 0.6 is 7.26 Å². The third-order valence-corrected chi connectivity index (χ3v) is 12.9. The summed E-state index contributed by atoms with van der Waals surface area (Å²) in [5.74, 6) is 2.32. The predicted molar refractivity (Wildman–Crippen MR) is 197 cm³/mol. The fraction of sp³-hybridized carbons (Fsp3) is 0.359. The van der Waals surface area contributed by atoms with Crippen molar-refractivity contribution in [2.24, 2.45) is 0 Å². The Labute approximate surface area is 282 Å². The van der Waals surface area contributed by atoms with Gasteiger partial charge in [-0.25, -0.2) is 0 Å². The molecule has 1 aliphatic rings. The Kier molecular flexibility index (Phi) is 15.1. The number of rotatable bonds is 16. The van der Waals surface area contributed by atoms with Crippen molar-refractivity contribution in [1.82, 2.24) is 0 Å². The molecule has 0 aliphatic heterocycles. The van der Waals surface area contributed by atoms with Gasteiger partial charge >= 0.3 is 0 Å². The molecule has 3 aromatic rings. The summed E-state index contributed by atoms with van der Waals surface area (Å²) in [6.45, 7) is 1.71. The second kappa shape index (κ2) is 18.7. The molecule has 3 aromatic carbocycles. The average Bonchev–Trinajstić information content (AvgIpc) is 3.07. The van der Waals surface area contributed by atoms with E-state index in [0.29, 0.717) is 17.6 Å². The van der Waals surface area contributed by atoms with E-state index >= 15 is 0 Å². The van der Waals surface area contributed by atoms with Crippen LogP contribution in [0.15, 0.2) is 114 Å². The molecule has 1 unspecified atom stereocenters. The normalized spacial score (nSPS) is 14.7. The fourth-order valence-electron chi connectivity index (χ4n) is 6.09. The lowest BCUT2D eigenvalue weighted by atomic mass is 9.89. The van der Waals surface area contributed by atoms with E-state index in [1.165, 1.54) is 68.4 Å². The molecule has 0 saturated heterocycles. The van der Waals surface area contributed by atoms with E-state index in [9.17, 15) is 18.4 Å². The number of methoxy groups -OCH3 is 2. The number of carbonyl (C=O) groups excluding carboxylic acids is 2. The first-order chi connectivity index (χ1) is 22.5. The quantitative estimate of drug-likeness (QED) is 0.0708. The maximum atomic E-state index is 12.8. The molecule has 0 amide bonds. The molecule has 0 bridgehead atoms. The molecule has 0 aromatic heterocycles. The second-order valence-corrected chi connectivity index (χ2v) is 17.3. The third kappa shape index (κ3) is 10.8. The predicted octanol–water partition coefficient (Wildman–Crippen LogP) is 6.93. The minimum atomic E-state index is -2.92. The number of Topliss-reactive ketones (excluding diaryl/α,β-unsaturated/α-hetero) is 2. The lowest BCUT2D eigenvalue weighted by molar-refractivity contribution is -0.121. The lowest BCUT2D eigenvalue weighted by Crippen LogP contribution is -2.33. The first kappa shape index (κ1) is 37.9. The van der Waals surface area contributed by atoms with Crippen LogP contribution < -0.4 is 15.9 Å². The van der Waals surface area contributed by atoms with Crippen molar-refractivity contribution >= 4 is 50.4 Å². The summed E-state index contributed by atoms with van der Waals surface area (Å²) < 4.78 is 29.4. The maximum Gasteiger partial charge on any atom is 0.228 e. The molecule has 252 valence electrons. The highest BCUT2D eigenvalue weighted by molar-refractivity contribution is 7.95. The molecule has 8 heteroatoms. The Morgan fingerprint density at radius 1 is 0.638 bits per heavy atom. The first-order valence-electron chi connectivity index (χ1n) is 16.2. The van der Waals surface area contributed by atoms with Crippen molar-refractivity contribution in [3.63, 3.8) is 0 Å². The summed E-state index contributed by atoms with van der Waals surface area (Å²) in [5, 5.41) is 4.37. The summed E-state index contributed by atoms with van der Waals surface area (Å²) in [5.41, 5.74) is 1.05. The zero-order valence-electron chi connectivity index (χ0n) is 28.2. The van der Waals surface area contributed by atoms with Gasteiger partial charge in [-0.15, -0.1) is 9.80 Å². The Morgan fingerprint density at radius 3 is 1.36 bits per heavy atom. The van der Waals surface area contributed by atoms with Crippen LogP contribution in [-0.4, -0.2) is 52.8 Å². The number of allylic oxidation sites excluding steroid dienone is 2. The molecule has 0 spiro atoms. The number of hydrogen-bond donors (Lipinski definition) is 0. The molecular formula is C39H49O6PS. The van der Waals surface area contributed by atoms with Crippen LogP contribution in [-0.2, 0) is 28.9 Å². The van der Waals surface area contributed by atoms with Crippen molar-refractivity contribution in [3.8, 4) is 0 Å². The zero-order chi connectivity index (χ0) is 34.3. The van der Waals surface area contributed by atoms with Gasteiger partial charge in [0.25, 0.3) is 0 Å². The first-order valence-corrected chi connectivity index (χ1v) is 20.3. The molecule has 0 radical (unpaired) electrons. The highest BCUT2D eigenvalue weighted by atomic mass is 32.2. The van der Waals surface area contributed by atoms with Gasteiger partial charge in [-0.3, -0.25) is 13.8 Å². The summed E-state index contributed by atoms with van der Waals surface area (Å²) in [4.78, 5) is 25.4. The van der Waals surface area contributed by atoms with E-state index < -0.39 is 17.1 Å². The van der Waals surface area contributed by atoms with Gasteiger partial charge in [-0.05, 0) is 75.3 Å². The van der Waals surface area contributed by atoms with Crippen LogP contribution in [0.5, 0.6) is 0 Å². The van der Waals surface area contributed by atoms with E-state index in [2.05, 4.69) is 96.9 Å². The summed E-state index contributed by atoms with van der Waals surface area (Å²) in [6, 6.07) is 33.4. The molecule has 6 nitrogen and oxygen atoms in total. The molecule has 0 N–H and O–H groups in total. The highest BCUT2D eigenvalue weighted by Crippen LogP contribution is 2.56. The van der Waals surface area contributed by atoms with Crippen molar-refractivity contribution < 1.29 is 27.8 Å². The van der Waals surface area contributed by atoms with E-state index in [0.717, 1.165) is 25.5 Å². The molecule has 47 heavy (non-hydrogen) atoms. The fourth-order valence-corrected chi connectivity index (χ4v) is 10.5. The Bertz CT molecular complexity index is 1510. The number of carbonyl (C=O) groups is 2. The van der Waals surface area contributed by atoms with E-state index in [1.54, 1.807) is 6.92 Å². The van der Waals surface area contributed by atoms with Gasteiger partial charge < -0.3 is 14.0 Å². The average molecular weight is 677 g/mol. The van der Waals surface area contributed by atoms with Gasteiger partial charge in [-0.1, -0.05) is 92.6 Å². The topological polar surface area (TPSA) is 92.7 Å². The van der Waals surface area contributed by atoms with Crippen molar-refractivity contribution in [1.29, 1.82) is 0 Å². The molecule has 0 fully saturated rings. The van der Waals surface area contributed by atoms with Gasteiger partial charge in [0.2, 0.25) is 23.1 Å². The van der Waals surface area contributed by atoms with Crippen molar-refractivity contribution in [3.05, 3.63) is 114 Å². The second-order valence-electron chi connectivity index (χ2n) is 11.9. The minimum Gasteiger partial charge on any atom is -0.778 e. The van der Waals surface area contributed by atoms with Crippen LogP contribution in [0.25, 0.3) is 0 Å². The van der Waals surface area contributed by atoms with Gasteiger partial charge in [0.1, 0.15) is 23.2 Å². The number of benzene rings is 3. The van der Waals surface area contributed by atoms with Crippen molar-refractivity contribution in [2.45, 2.75) is 64.7 Å². The molecule has 0 heterocycles. The minimum absolute atomic E-state index is 0.0134.